The second-order valence-corrected chi connectivity index (χ2v) is 5.21. The summed E-state index contributed by atoms with van der Waals surface area (Å²) < 4.78 is 0. The largest absolute Gasteiger partial charge is 0.378 e. The van der Waals surface area contributed by atoms with Crippen molar-refractivity contribution in [1.82, 2.24) is 4.98 Å². The van der Waals surface area contributed by atoms with Crippen molar-refractivity contribution in [2.75, 3.05) is 5.32 Å². The summed E-state index contributed by atoms with van der Waals surface area (Å²) in [7, 11) is 0. The number of aryl methyl sites for hydroxylation is 1. The van der Waals surface area contributed by atoms with Gasteiger partial charge in [-0.15, -0.1) is 11.3 Å². The molecule has 90 valence electrons. The summed E-state index contributed by atoms with van der Waals surface area (Å²) in [6.45, 7) is 2.81. The zero-order valence-corrected chi connectivity index (χ0v) is 11.0. The third-order valence-electron chi connectivity index (χ3n) is 2.89. The minimum Gasteiger partial charge on any atom is -0.378 e. The van der Waals surface area contributed by atoms with Crippen molar-refractivity contribution < 1.29 is 0 Å². The zero-order chi connectivity index (χ0) is 12.4. The molecule has 3 heteroatoms. The standard InChI is InChI=1S/C15H14N2S/c1-11-10-18-15(17-11)9-16-14-8-4-6-12-5-2-3-7-13(12)14/h2-8,10,16H,9H2,1H3. The highest BCUT2D eigenvalue weighted by atomic mass is 32.1. The van der Waals surface area contributed by atoms with E-state index in [-0.39, 0.29) is 0 Å². The van der Waals surface area contributed by atoms with Crippen molar-refractivity contribution >= 4 is 27.8 Å². The van der Waals surface area contributed by atoms with Gasteiger partial charge in [-0.05, 0) is 18.4 Å². The first kappa shape index (κ1) is 11.2. The maximum Gasteiger partial charge on any atom is 0.112 e. The molecular formula is C15H14N2S. The van der Waals surface area contributed by atoms with E-state index < -0.39 is 0 Å². The molecule has 0 saturated carbocycles. The molecule has 3 rings (SSSR count). The first-order valence-corrected chi connectivity index (χ1v) is 6.83. The van der Waals surface area contributed by atoms with Crippen molar-refractivity contribution in [3.05, 3.63) is 58.5 Å². The Bertz CT molecular complexity index is 668. The van der Waals surface area contributed by atoms with Gasteiger partial charge in [-0.1, -0.05) is 36.4 Å². The average molecular weight is 254 g/mol. The number of hydrogen-bond acceptors (Lipinski definition) is 3. The number of rotatable bonds is 3. The van der Waals surface area contributed by atoms with Gasteiger partial charge < -0.3 is 5.32 Å². The average Bonchev–Trinajstić information content (AvgIpc) is 2.82. The first-order chi connectivity index (χ1) is 8.83. The van der Waals surface area contributed by atoms with Gasteiger partial charge in [-0.3, -0.25) is 0 Å². The van der Waals surface area contributed by atoms with Crippen LogP contribution in [-0.2, 0) is 6.54 Å². The van der Waals surface area contributed by atoms with Crippen LogP contribution in [0.5, 0.6) is 0 Å². The molecule has 0 unspecified atom stereocenters. The highest BCUT2D eigenvalue weighted by molar-refractivity contribution is 7.09. The topological polar surface area (TPSA) is 24.9 Å². The van der Waals surface area contributed by atoms with E-state index >= 15 is 0 Å². The predicted molar refractivity (Wildman–Crippen MR) is 78.1 cm³/mol. The summed E-state index contributed by atoms with van der Waals surface area (Å²) in [5.41, 5.74) is 2.26. The Kier molecular flexibility index (Phi) is 2.99. The van der Waals surface area contributed by atoms with Crippen LogP contribution in [-0.4, -0.2) is 4.98 Å². The molecule has 0 aliphatic carbocycles. The van der Waals surface area contributed by atoms with Gasteiger partial charge in [0, 0.05) is 22.1 Å². The molecule has 2 nitrogen and oxygen atoms in total. The van der Waals surface area contributed by atoms with E-state index in [0.717, 1.165) is 17.2 Å². The molecule has 3 aromatic rings. The smallest absolute Gasteiger partial charge is 0.112 e. The maximum atomic E-state index is 4.46. The molecule has 0 saturated heterocycles. The molecule has 0 atom stereocenters. The summed E-state index contributed by atoms with van der Waals surface area (Å²) in [5.74, 6) is 0. The lowest BCUT2D eigenvalue weighted by Gasteiger charge is -2.08. The first-order valence-electron chi connectivity index (χ1n) is 5.95. The van der Waals surface area contributed by atoms with Crippen LogP contribution in [0.1, 0.15) is 10.7 Å². The monoisotopic (exact) mass is 254 g/mol. The highest BCUT2D eigenvalue weighted by Crippen LogP contribution is 2.23. The van der Waals surface area contributed by atoms with Crippen LogP contribution in [0, 0.1) is 6.92 Å². The fourth-order valence-corrected chi connectivity index (χ4v) is 2.75. The Morgan fingerprint density at radius 1 is 1.11 bits per heavy atom. The molecular weight excluding hydrogens is 240 g/mol. The van der Waals surface area contributed by atoms with E-state index in [9.17, 15) is 0 Å². The van der Waals surface area contributed by atoms with Gasteiger partial charge in [-0.25, -0.2) is 4.98 Å². The SMILES string of the molecule is Cc1csc(CNc2cccc3ccccc23)n1. The van der Waals surface area contributed by atoms with E-state index in [1.165, 1.54) is 16.5 Å². The van der Waals surface area contributed by atoms with E-state index in [0.29, 0.717) is 0 Å². The number of nitrogens with zero attached hydrogens (tertiary/aromatic N) is 1. The van der Waals surface area contributed by atoms with Gasteiger partial charge in [0.2, 0.25) is 0 Å². The lowest BCUT2D eigenvalue weighted by molar-refractivity contribution is 1.08. The number of nitrogens with one attached hydrogen (secondary N) is 1. The van der Waals surface area contributed by atoms with Crippen LogP contribution in [0.3, 0.4) is 0 Å². The van der Waals surface area contributed by atoms with Gasteiger partial charge in [-0.2, -0.15) is 0 Å². The minimum absolute atomic E-state index is 0.784. The van der Waals surface area contributed by atoms with Gasteiger partial charge >= 0.3 is 0 Å². The van der Waals surface area contributed by atoms with Crippen LogP contribution in [0.2, 0.25) is 0 Å². The maximum absolute atomic E-state index is 4.46. The second kappa shape index (κ2) is 4.78. The molecule has 1 aromatic heterocycles. The molecule has 2 aromatic carbocycles. The normalized spacial score (nSPS) is 10.7. The van der Waals surface area contributed by atoms with Crippen molar-refractivity contribution in [2.24, 2.45) is 0 Å². The number of anilines is 1. The Hall–Kier alpha value is -1.87. The number of hydrogen-bond donors (Lipinski definition) is 1. The van der Waals surface area contributed by atoms with E-state index in [1.54, 1.807) is 11.3 Å². The zero-order valence-electron chi connectivity index (χ0n) is 10.2. The van der Waals surface area contributed by atoms with Gasteiger partial charge in [0.1, 0.15) is 5.01 Å². The molecule has 1 heterocycles. The Balaban J connectivity index is 1.86. The van der Waals surface area contributed by atoms with Gasteiger partial charge in [0.25, 0.3) is 0 Å². The third-order valence-corrected chi connectivity index (χ3v) is 3.85. The van der Waals surface area contributed by atoms with Crippen LogP contribution in [0.15, 0.2) is 47.8 Å². The summed E-state index contributed by atoms with van der Waals surface area (Å²) in [6.07, 6.45) is 0. The molecule has 0 aliphatic heterocycles. The van der Waals surface area contributed by atoms with E-state index in [2.05, 4.69) is 58.1 Å². The molecule has 0 aliphatic rings. The predicted octanol–water partition coefficient (Wildman–Crippen LogP) is 4.22. The summed E-state index contributed by atoms with van der Waals surface area (Å²) >= 11 is 1.70. The minimum atomic E-state index is 0.784. The summed E-state index contributed by atoms with van der Waals surface area (Å²) in [6, 6.07) is 14.7. The summed E-state index contributed by atoms with van der Waals surface area (Å²) in [5, 5.41) is 9.19. The second-order valence-electron chi connectivity index (χ2n) is 4.26. The molecule has 0 spiro atoms. The van der Waals surface area contributed by atoms with Crippen molar-refractivity contribution in [2.45, 2.75) is 13.5 Å². The number of thiazole rings is 1. The fourth-order valence-electron chi connectivity index (χ4n) is 2.03. The van der Waals surface area contributed by atoms with E-state index in [1.807, 2.05) is 6.92 Å². The summed E-state index contributed by atoms with van der Waals surface area (Å²) in [4.78, 5) is 4.46. The van der Waals surface area contributed by atoms with Gasteiger partial charge in [0.15, 0.2) is 0 Å². The molecule has 0 fully saturated rings. The Labute approximate surface area is 110 Å². The molecule has 0 amide bonds. The molecule has 18 heavy (non-hydrogen) atoms. The van der Waals surface area contributed by atoms with Crippen LogP contribution >= 0.6 is 11.3 Å². The van der Waals surface area contributed by atoms with Crippen molar-refractivity contribution in [3.8, 4) is 0 Å². The van der Waals surface area contributed by atoms with Crippen LogP contribution in [0.25, 0.3) is 10.8 Å². The quantitative estimate of drug-likeness (QED) is 0.757. The number of benzene rings is 2. The van der Waals surface area contributed by atoms with Gasteiger partial charge in [0.05, 0.1) is 6.54 Å². The molecule has 0 radical (unpaired) electrons. The highest BCUT2D eigenvalue weighted by Gasteiger charge is 2.01. The third kappa shape index (κ3) is 2.22. The van der Waals surface area contributed by atoms with Crippen LogP contribution in [0.4, 0.5) is 5.69 Å². The fraction of sp³-hybridized carbons (Fsp3) is 0.133. The van der Waals surface area contributed by atoms with Crippen molar-refractivity contribution in [1.29, 1.82) is 0 Å². The van der Waals surface area contributed by atoms with Crippen molar-refractivity contribution in [3.63, 3.8) is 0 Å². The number of aromatic nitrogens is 1. The van der Waals surface area contributed by atoms with E-state index in [4.69, 9.17) is 0 Å². The number of fused-ring (bicyclic) bond motifs is 1. The Morgan fingerprint density at radius 3 is 2.78 bits per heavy atom. The molecule has 0 bridgehead atoms. The lowest BCUT2D eigenvalue weighted by atomic mass is 10.1. The lowest BCUT2D eigenvalue weighted by Crippen LogP contribution is -1.99. The Morgan fingerprint density at radius 2 is 1.94 bits per heavy atom. The van der Waals surface area contributed by atoms with Crippen LogP contribution < -0.4 is 5.32 Å². The molecule has 1 N–H and O–H groups in total.